The first-order valence-corrected chi connectivity index (χ1v) is 8.19. The molecule has 0 aliphatic rings. The van der Waals surface area contributed by atoms with Crippen LogP contribution >= 0.6 is 11.3 Å². The van der Waals surface area contributed by atoms with Crippen LogP contribution in [-0.4, -0.2) is 25.7 Å². The standard InChI is InChI=1S/C17H13N5OS/c18-15(23)9-22-6-4-14(21-22)11-2-1-3-12(8-11)16-13-5-7-24-17(13)20-10-19-16/h1-8,10H,9H2,(H2,18,23). The number of carbonyl (C=O) groups excluding carboxylic acids is 1. The Morgan fingerprint density at radius 1 is 1.17 bits per heavy atom. The van der Waals surface area contributed by atoms with Crippen molar-refractivity contribution < 1.29 is 4.79 Å². The number of fused-ring (bicyclic) bond motifs is 1. The van der Waals surface area contributed by atoms with Crippen LogP contribution in [-0.2, 0) is 11.3 Å². The van der Waals surface area contributed by atoms with Gasteiger partial charge in [-0.25, -0.2) is 9.97 Å². The fourth-order valence-corrected chi connectivity index (χ4v) is 3.34. The van der Waals surface area contributed by atoms with Crippen molar-refractivity contribution in [3.8, 4) is 22.5 Å². The Labute approximate surface area is 141 Å². The highest BCUT2D eigenvalue weighted by Gasteiger charge is 2.10. The SMILES string of the molecule is NC(=O)Cn1ccc(-c2cccc(-c3ncnc4sccc34)c2)n1. The van der Waals surface area contributed by atoms with E-state index in [0.29, 0.717) is 0 Å². The van der Waals surface area contributed by atoms with Gasteiger partial charge in [0.1, 0.15) is 17.7 Å². The molecule has 1 amide bonds. The fraction of sp³-hybridized carbons (Fsp3) is 0.0588. The second-order valence-corrected chi connectivity index (χ2v) is 6.20. The van der Waals surface area contributed by atoms with Crippen molar-refractivity contribution in [3.63, 3.8) is 0 Å². The second kappa shape index (κ2) is 5.86. The molecule has 0 spiro atoms. The third kappa shape index (κ3) is 2.65. The van der Waals surface area contributed by atoms with Gasteiger partial charge in [0.25, 0.3) is 0 Å². The summed E-state index contributed by atoms with van der Waals surface area (Å²) >= 11 is 1.60. The number of nitrogens with zero attached hydrogens (tertiary/aromatic N) is 4. The van der Waals surface area contributed by atoms with E-state index in [1.807, 2.05) is 41.8 Å². The molecule has 0 radical (unpaired) electrons. The third-order valence-corrected chi connectivity index (χ3v) is 4.47. The van der Waals surface area contributed by atoms with Gasteiger partial charge < -0.3 is 5.73 Å². The molecule has 4 aromatic rings. The van der Waals surface area contributed by atoms with Crippen LogP contribution in [0.15, 0.2) is 54.3 Å². The summed E-state index contributed by atoms with van der Waals surface area (Å²) < 4.78 is 1.53. The van der Waals surface area contributed by atoms with Crippen molar-refractivity contribution in [2.75, 3.05) is 0 Å². The Balaban J connectivity index is 1.75. The molecular formula is C17H13N5OS. The number of benzene rings is 1. The Morgan fingerprint density at radius 2 is 2.04 bits per heavy atom. The highest BCUT2D eigenvalue weighted by Crippen LogP contribution is 2.30. The Morgan fingerprint density at radius 3 is 2.92 bits per heavy atom. The lowest BCUT2D eigenvalue weighted by molar-refractivity contribution is -0.118. The monoisotopic (exact) mass is 335 g/mol. The molecule has 4 rings (SSSR count). The summed E-state index contributed by atoms with van der Waals surface area (Å²) in [6.07, 6.45) is 3.33. The number of amides is 1. The van der Waals surface area contributed by atoms with Crippen LogP contribution in [0.1, 0.15) is 0 Å². The molecule has 6 nitrogen and oxygen atoms in total. The van der Waals surface area contributed by atoms with E-state index >= 15 is 0 Å². The first-order valence-electron chi connectivity index (χ1n) is 7.31. The quantitative estimate of drug-likeness (QED) is 0.621. The molecule has 0 unspecified atom stereocenters. The van der Waals surface area contributed by atoms with Gasteiger partial charge in [0.15, 0.2) is 0 Å². The van der Waals surface area contributed by atoms with Crippen LogP contribution in [0.2, 0.25) is 0 Å². The molecule has 118 valence electrons. The lowest BCUT2D eigenvalue weighted by atomic mass is 10.0. The van der Waals surface area contributed by atoms with Crippen LogP contribution < -0.4 is 5.73 Å². The van der Waals surface area contributed by atoms with Gasteiger partial charge in [0, 0.05) is 22.7 Å². The zero-order valence-electron chi connectivity index (χ0n) is 12.6. The lowest BCUT2D eigenvalue weighted by Gasteiger charge is -2.04. The molecule has 0 atom stereocenters. The van der Waals surface area contributed by atoms with E-state index in [0.717, 1.165) is 32.7 Å². The van der Waals surface area contributed by atoms with E-state index in [2.05, 4.69) is 15.1 Å². The van der Waals surface area contributed by atoms with Crippen LogP contribution in [0.3, 0.4) is 0 Å². The molecule has 1 aromatic carbocycles. The molecule has 3 aromatic heterocycles. The zero-order chi connectivity index (χ0) is 16.5. The molecule has 3 heterocycles. The summed E-state index contributed by atoms with van der Waals surface area (Å²) in [5.41, 5.74) is 8.85. The molecule has 24 heavy (non-hydrogen) atoms. The van der Waals surface area contributed by atoms with Crippen molar-refractivity contribution in [2.24, 2.45) is 5.73 Å². The maximum absolute atomic E-state index is 11.0. The number of hydrogen-bond acceptors (Lipinski definition) is 5. The van der Waals surface area contributed by atoms with Gasteiger partial charge in [-0.3, -0.25) is 9.48 Å². The predicted molar refractivity (Wildman–Crippen MR) is 93.3 cm³/mol. The third-order valence-electron chi connectivity index (χ3n) is 3.65. The highest BCUT2D eigenvalue weighted by atomic mass is 32.1. The smallest absolute Gasteiger partial charge is 0.239 e. The first-order chi connectivity index (χ1) is 11.7. The molecule has 0 aliphatic carbocycles. The highest BCUT2D eigenvalue weighted by molar-refractivity contribution is 7.16. The van der Waals surface area contributed by atoms with Gasteiger partial charge in [0.2, 0.25) is 5.91 Å². The topological polar surface area (TPSA) is 86.7 Å². The Bertz CT molecular complexity index is 1040. The molecular weight excluding hydrogens is 322 g/mol. The maximum atomic E-state index is 11.0. The van der Waals surface area contributed by atoms with Gasteiger partial charge in [-0.1, -0.05) is 18.2 Å². The molecule has 0 fully saturated rings. The predicted octanol–water partition coefficient (Wildman–Crippen LogP) is 2.71. The number of thiophene rings is 1. The van der Waals surface area contributed by atoms with Crippen molar-refractivity contribution in [1.82, 2.24) is 19.7 Å². The van der Waals surface area contributed by atoms with Gasteiger partial charge in [-0.2, -0.15) is 5.10 Å². The number of aromatic nitrogens is 4. The summed E-state index contributed by atoms with van der Waals surface area (Å²) in [6, 6.07) is 11.9. The fourth-order valence-electron chi connectivity index (χ4n) is 2.61. The van der Waals surface area contributed by atoms with Crippen molar-refractivity contribution in [2.45, 2.75) is 6.54 Å². The molecule has 2 N–H and O–H groups in total. The second-order valence-electron chi connectivity index (χ2n) is 5.31. The van der Waals surface area contributed by atoms with Crippen LogP contribution in [0, 0.1) is 0 Å². The van der Waals surface area contributed by atoms with E-state index in [1.54, 1.807) is 23.9 Å². The van der Waals surface area contributed by atoms with Crippen LogP contribution in [0.25, 0.3) is 32.7 Å². The first kappa shape index (κ1) is 14.5. The minimum absolute atomic E-state index is 0.0706. The van der Waals surface area contributed by atoms with E-state index in [1.165, 1.54) is 4.68 Å². The lowest BCUT2D eigenvalue weighted by Crippen LogP contribution is -2.18. The summed E-state index contributed by atoms with van der Waals surface area (Å²) in [5.74, 6) is -0.417. The summed E-state index contributed by atoms with van der Waals surface area (Å²) in [4.78, 5) is 20.7. The number of nitrogens with two attached hydrogens (primary N) is 1. The van der Waals surface area contributed by atoms with Gasteiger partial charge in [-0.15, -0.1) is 11.3 Å². The van der Waals surface area contributed by atoms with Gasteiger partial charge in [-0.05, 0) is 23.6 Å². The summed E-state index contributed by atoms with van der Waals surface area (Å²) in [5, 5.41) is 7.45. The number of hydrogen-bond donors (Lipinski definition) is 1. The normalized spacial score (nSPS) is 11.0. The average molecular weight is 335 g/mol. The number of rotatable bonds is 4. The summed E-state index contributed by atoms with van der Waals surface area (Å²) in [7, 11) is 0. The molecule has 0 bridgehead atoms. The number of primary amides is 1. The van der Waals surface area contributed by atoms with Gasteiger partial charge >= 0.3 is 0 Å². The maximum Gasteiger partial charge on any atom is 0.239 e. The van der Waals surface area contributed by atoms with Crippen molar-refractivity contribution >= 4 is 27.5 Å². The molecule has 7 heteroatoms. The van der Waals surface area contributed by atoms with E-state index < -0.39 is 5.91 Å². The number of carbonyl (C=O) groups is 1. The molecule has 0 saturated carbocycles. The Hall–Kier alpha value is -3.06. The van der Waals surface area contributed by atoms with E-state index in [-0.39, 0.29) is 6.54 Å². The van der Waals surface area contributed by atoms with Crippen molar-refractivity contribution in [1.29, 1.82) is 0 Å². The van der Waals surface area contributed by atoms with Crippen molar-refractivity contribution in [3.05, 3.63) is 54.3 Å². The minimum atomic E-state index is -0.417. The zero-order valence-corrected chi connectivity index (χ0v) is 13.4. The Kier molecular flexibility index (Phi) is 3.55. The average Bonchev–Trinajstić information content (AvgIpc) is 3.23. The van der Waals surface area contributed by atoms with Gasteiger partial charge in [0.05, 0.1) is 11.4 Å². The van der Waals surface area contributed by atoms with Crippen LogP contribution in [0.5, 0.6) is 0 Å². The minimum Gasteiger partial charge on any atom is -0.368 e. The van der Waals surface area contributed by atoms with Crippen LogP contribution in [0.4, 0.5) is 0 Å². The summed E-state index contributed by atoms with van der Waals surface area (Å²) in [6.45, 7) is 0.0706. The molecule has 0 aliphatic heterocycles. The van der Waals surface area contributed by atoms with E-state index in [9.17, 15) is 4.79 Å². The largest absolute Gasteiger partial charge is 0.368 e. The van der Waals surface area contributed by atoms with E-state index in [4.69, 9.17) is 5.73 Å². The molecule has 0 saturated heterocycles.